The second-order valence-electron chi connectivity index (χ2n) is 5.18. The van der Waals surface area contributed by atoms with Gasteiger partial charge >= 0.3 is 0 Å². The number of benzene rings is 1. The van der Waals surface area contributed by atoms with E-state index in [4.69, 9.17) is 16.9 Å². The summed E-state index contributed by atoms with van der Waals surface area (Å²) in [4.78, 5) is 2.37. The van der Waals surface area contributed by atoms with Gasteiger partial charge < -0.3 is 0 Å². The molecule has 96 valence electrons. The Morgan fingerprint density at radius 3 is 2.67 bits per heavy atom. The average Bonchev–Trinajstić information content (AvgIpc) is 2.36. The first-order valence-corrected chi connectivity index (χ1v) is 7.27. The Morgan fingerprint density at radius 2 is 2.11 bits per heavy atom. The van der Waals surface area contributed by atoms with Gasteiger partial charge in [0.05, 0.1) is 11.5 Å². The molecule has 0 aliphatic carbocycles. The molecule has 18 heavy (non-hydrogen) atoms. The van der Waals surface area contributed by atoms with Crippen LogP contribution in [0.2, 0.25) is 5.02 Å². The lowest BCUT2D eigenvalue weighted by Crippen LogP contribution is -2.37. The van der Waals surface area contributed by atoms with Gasteiger partial charge in [-0.25, -0.2) is 0 Å². The highest BCUT2D eigenvalue weighted by Gasteiger charge is 2.29. The van der Waals surface area contributed by atoms with E-state index < -0.39 is 0 Å². The predicted molar refractivity (Wildman–Crippen MR) is 77.4 cm³/mol. The van der Waals surface area contributed by atoms with Crippen LogP contribution in [-0.2, 0) is 6.54 Å². The lowest BCUT2D eigenvalue weighted by Gasteiger charge is -2.35. The quantitative estimate of drug-likeness (QED) is 0.813. The van der Waals surface area contributed by atoms with E-state index in [1.54, 1.807) is 0 Å². The van der Waals surface area contributed by atoms with Crippen molar-refractivity contribution in [2.24, 2.45) is 5.41 Å². The van der Waals surface area contributed by atoms with Crippen molar-refractivity contribution in [1.82, 2.24) is 4.90 Å². The summed E-state index contributed by atoms with van der Waals surface area (Å²) >= 11 is 9.63. The Bertz CT molecular complexity index is 473. The fraction of sp³-hybridized carbons (Fsp3) is 0.500. The second kappa shape index (κ2) is 5.61. The van der Waals surface area contributed by atoms with Crippen molar-refractivity contribution < 1.29 is 0 Å². The third kappa shape index (κ3) is 3.26. The maximum Gasteiger partial charge on any atom is 0.0687 e. The minimum Gasteiger partial charge on any atom is -0.299 e. The van der Waals surface area contributed by atoms with Gasteiger partial charge in [0, 0.05) is 16.0 Å². The molecule has 1 saturated heterocycles. The maximum absolute atomic E-state index is 9.11. The molecule has 1 heterocycles. The van der Waals surface area contributed by atoms with Crippen LogP contribution in [0.5, 0.6) is 0 Å². The van der Waals surface area contributed by atoms with Crippen molar-refractivity contribution in [3.8, 4) is 6.07 Å². The monoisotopic (exact) mass is 326 g/mol. The first-order chi connectivity index (χ1) is 8.52. The molecule has 1 aliphatic rings. The van der Waals surface area contributed by atoms with E-state index in [1.165, 1.54) is 0 Å². The first kappa shape index (κ1) is 13.9. The van der Waals surface area contributed by atoms with Crippen LogP contribution in [0.3, 0.4) is 0 Å². The molecule has 0 bridgehead atoms. The van der Waals surface area contributed by atoms with Gasteiger partial charge in [0.25, 0.3) is 0 Å². The van der Waals surface area contributed by atoms with Crippen molar-refractivity contribution in [3.05, 3.63) is 33.3 Å². The minimum atomic E-state index is -0.139. The lowest BCUT2D eigenvalue weighted by atomic mass is 9.82. The SMILES string of the molecule is CC1(C#N)CCN(Cc2ccc(Br)cc2Cl)CC1. The molecule has 1 fully saturated rings. The Labute approximate surface area is 122 Å². The number of halogens is 2. The fourth-order valence-corrected chi connectivity index (χ4v) is 2.94. The lowest BCUT2D eigenvalue weighted by molar-refractivity contribution is 0.150. The molecule has 0 radical (unpaired) electrons. The van der Waals surface area contributed by atoms with Crippen LogP contribution in [0.25, 0.3) is 0 Å². The predicted octanol–water partition coefficient (Wildman–Crippen LogP) is 4.23. The van der Waals surface area contributed by atoms with Gasteiger partial charge in [-0.2, -0.15) is 5.26 Å². The van der Waals surface area contributed by atoms with Crippen LogP contribution in [0, 0.1) is 16.7 Å². The Kier molecular flexibility index (Phi) is 4.32. The number of hydrogen-bond donors (Lipinski definition) is 0. The molecular weight excluding hydrogens is 312 g/mol. The van der Waals surface area contributed by atoms with Gasteiger partial charge in [-0.3, -0.25) is 4.90 Å². The summed E-state index contributed by atoms with van der Waals surface area (Å²) in [6, 6.07) is 8.43. The van der Waals surface area contributed by atoms with Crippen LogP contribution in [0.1, 0.15) is 25.3 Å². The van der Waals surface area contributed by atoms with Crippen LogP contribution in [0.4, 0.5) is 0 Å². The van der Waals surface area contributed by atoms with Gasteiger partial charge in [0.1, 0.15) is 0 Å². The van der Waals surface area contributed by atoms with Crippen molar-refractivity contribution in [2.75, 3.05) is 13.1 Å². The number of likely N-dealkylation sites (tertiary alicyclic amines) is 1. The Morgan fingerprint density at radius 1 is 1.44 bits per heavy atom. The van der Waals surface area contributed by atoms with Gasteiger partial charge in [-0.1, -0.05) is 33.6 Å². The maximum atomic E-state index is 9.11. The number of nitriles is 1. The molecule has 0 atom stereocenters. The van der Waals surface area contributed by atoms with Crippen molar-refractivity contribution in [2.45, 2.75) is 26.3 Å². The van der Waals surface area contributed by atoms with Crippen LogP contribution >= 0.6 is 27.5 Å². The standard InChI is InChI=1S/C14H16BrClN2/c1-14(10-17)4-6-18(7-5-14)9-11-2-3-12(15)8-13(11)16/h2-3,8H,4-7,9H2,1H3. The molecule has 0 N–H and O–H groups in total. The molecule has 0 spiro atoms. The topological polar surface area (TPSA) is 27.0 Å². The molecule has 1 aromatic rings. The molecule has 1 aliphatic heterocycles. The summed E-state index contributed by atoms with van der Waals surface area (Å²) in [7, 11) is 0. The third-order valence-corrected chi connectivity index (χ3v) is 4.48. The number of nitrogens with zero attached hydrogens (tertiary/aromatic N) is 2. The van der Waals surface area contributed by atoms with E-state index in [9.17, 15) is 0 Å². The van der Waals surface area contributed by atoms with Crippen LogP contribution in [-0.4, -0.2) is 18.0 Å². The zero-order chi connectivity index (χ0) is 13.2. The zero-order valence-electron chi connectivity index (χ0n) is 10.4. The highest BCUT2D eigenvalue weighted by molar-refractivity contribution is 9.10. The number of rotatable bonds is 2. The Balaban J connectivity index is 1.98. The van der Waals surface area contributed by atoms with Gasteiger partial charge in [0.15, 0.2) is 0 Å². The molecule has 0 saturated carbocycles. The van der Waals surface area contributed by atoms with E-state index in [0.717, 1.165) is 47.5 Å². The summed E-state index contributed by atoms with van der Waals surface area (Å²) in [5, 5.41) is 9.91. The van der Waals surface area contributed by atoms with Crippen molar-refractivity contribution >= 4 is 27.5 Å². The van der Waals surface area contributed by atoms with Crippen LogP contribution in [0.15, 0.2) is 22.7 Å². The number of hydrogen-bond acceptors (Lipinski definition) is 2. The average molecular weight is 328 g/mol. The van der Waals surface area contributed by atoms with Gasteiger partial charge in [-0.15, -0.1) is 0 Å². The molecule has 0 aromatic heterocycles. The van der Waals surface area contributed by atoms with Gasteiger partial charge in [-0.05, 0) is 50.6 Å². The summed E-state index contributed by atoms with van der Waals surface area (Å²) in [6.45, 7) is 4.86. The number of piperidine rings is 1. The van der Waals surface area contributed by atoms with E-state index >= 15 is 0 Å². The molecular formula is C14H16BrClN2. The smallest absolute Gasteiger partial charge is 0.0687 e. The summed E-state index contributed by atoms with van der Waals surface area (Å²) < 4.78 is 1.01. The van der Waals surface area contributed by atoms with E-state index in [-0.39, 0.29) is 5.41 Å². The largest absolute Gasteiger partial charge is 0.299 e. The third-order valence-electron chi connectivity index (χ3n) is 3.64. The molecule has 0 unspecified atom stereocenters. The summed E-state index contributed by atoms with van der Waals surface area (Å²) in [6.07, 6.45) is 1.88. The van der Waals surface area contributed by atoms with Crippen molar-refractivity contribution in [1.29, 1.82) is 5.26 Å². The van der Waals surface area contributed by atoms with E-state index in [0.29, 0.717) is 0 Å². The molecule has 0 amide bonds. The minimum absolute atomic E-state index is 0.139. The summed E-state index contributed by atoms with van der Waals surface area (Å²) in [5.74, 6) is 0. The molecule has 4 heteroatoms. The van der Waals surface area contributed by atoms with E-state index in [2.05, 4.69) is 39.9 Å². The highest BCUT2D eigenvalue weighted by atomic mass is 79.9. The van der Waals surface area contributed by atoms with Crippen LogP contribution < -0.4 is 0 Å². The molecule has 2 nitrogen and oxygen atoms in total. The second-order valence-corrected chi connectivity index (χ2v) is 6.51. The fourth-order valence-electron chi connectivity index (χ4n) is 2.21. The van der Waals surface area contributed by atoms with Crippen molar-refractivity contribution in [3.63, 3.8) is 0 Å². The first-order valence-electron chi connectivity index (χ1n) is 6.10. The summed E-state index contributed by atoms with van der Waals surface area (Å²) in [5.41, 5.74) is 1.01. The highest BCUT2D eigenvalue weighted by Crippen LogP contribution is 2.31. The van der Waals surface area contributed by atoms with E-state index in [1.807, 2.05) is 12.1 Å². The zero-order valence-corrected chi connectivity index (χ0v) is 12.8. The Hall–Kier alpha value is -0.560. The van der Waals surface area contributed by atoms with Gasteiger partial charge in [0.2, 0.25) is 0 Å². The normalized spacial score (nSPS) is 19.4. The molecule has 2 rings (SSSR count). The molecule has 1 aromatic carbocycles.